The first-order chi connectivity index (χ1) is 8.40. The SMILES string of the molecule is [3H]c1cc([3H])c([NH3+])c(-c2cc([3H])cc([3H])c2[NH3+])c1.[Cl-].[Cl-]. The first-order valence-corrected chi connectivity index (χ1v) is 4.27. The third-order valence-corrected chi connectivity index (χ3v) is 2.06. The van der Waals surface area contributed by atoms with Crippen molar-refractivity contribution in [3.63, 3.8) is 0 Å². The molecule has 2 nitrogen and oxygen atoms in total. The highest BCUT2D eigenvalue weighted by Crippen LogP contribution is 2.27. The van der Waals surface area contributed by atoms with Gasteiger partial charge in [0, 0.05) is 11.1 Å². The summed E-state index contributed by atoms with van der Waals surface area (Å²) in [6.45, 7) is 0. The smallest absolute Gasteiger partial charge is 0.136 e. The van der Waals surface area contributed by atoms with Crippen molar-refractivity contribution in [1.82, 2.24) is 0 Å². The molecule has 0 saturated heterocycles. The molecule has 0 atom stereocenters. The molecule has 0 fully saturated rings. The maximum Gasteiger partial charge on any atom is 0.136 e. The molecule has 0 unspecified atom stereocenters. The summed E-state index contributed by atoms with van der Waals surface area (Å²) in [4.78, 5) is 0. The Kier molecular flexibility index (Phi) is 3.67. The molecule has 0 aliphatic rings. The second-order valence-corrected chi connectivity index (χ2v) is 2.98. The fourth-order valence-corrected chi connectivity index (χ4v) is 1.32. The van der Waals surface area contributed by atoms with Crippen LogP contribution in [0.1, 0.15) is 5.48 Å². The van der Waals surface area contributed by atoms with E-state index >= 15 is 0 Å². The Morgan fingerprint density at radius 3 is 1.56 bits per heavy atom. The highest BCUT2D eigenvalue weighted by molar-refractivity contribution is 5.79. The third kappa shape index (κ3) is 2.97. The topological polar surface area (TPSA) is 55.3 Å². The Morgan fingerprint density at radius 1 is 0.812 bits per heavy atom. The van der Waals surface area contributed by atoms with Gasteiger partial charge in [-0.25, -0.2) is 0 Å². The standard InChI is InChI=1S/C12H12N2.2ClH/c13-11-7-3-1-5-9(11)10-6-2-4-8-12(10)14;;/h1-8H,13-14H2;2*1H/i1T,2T,7T,8T;;. The molecule has 0 aliphatic carbocycles. The Labute approximate surface area is 113 Å². The van der Waals surface area contributed by atoms with Gasteiger partial charge < -0.3 is 36.3 Å². The van der Waals surface area contributed by atoms with Gasteiger partial charge in [-0.1, -0.05) is 24.2 Å². The number of rotatable bonds is 1. The number of quaternary nitrogens is 2. The molecule has 0 saturated carbocycles. The van der Waals surface area contributed by atoms with E-state index in [1.165, 1.54) is 12.1 Å². The van der Waals surface area contributed by atoms with Crippen LogP contribution in [0.5, 0.6) is 0 Å². The maximum absolute atomic E-state index is 7.73. The van der Waals surface area contributed by atoms with Crippen molar-refractivity contribution >= 4 is 11.4 Å². The summed E-state index contributed by atoms with van der Waals surface area (Å²) in [6.07, 6.45) is 0. The van der Waals surface area contributed by atoms with E-state index in [9.17, 15) is 0 Å². The summed E-state index contributed by atoms with van der Waals surface area (Å²) < 4.78 is 30.7. The fourth-order valence-electron chi connectivity index (χ4n) is 1.32. The van der Waals surface area contributed by atoms with E-state index in [-0.39, 0.29) is 49.0 Å². The van der Waals surface area contributed by atoms with Gasteiger partial charge in [-0.05, 0) is 24.2 Å². The lowest BCUT2D eigenvalue weighted by molar-refractivity contribution is -0.257. The summed E-state index contributed by atoms with van der Waals surface area (Å²) in [5.74, 6) is 0. The minimum atomic E-state index is 0. The lowest BCUT2D eigenvalue weighted by Crippen LogP contribution is -3.00. The molecule has 0 spiro atoms. The van der Waals surface area contributed by atoms with Gasteiger partial charge in [0.2, 0.25) is 0 Å². The first kappa shape index (κ1) is 9.02. The first-order valence-electron chi connectivity index (χ1n) is 6.27. The zero-order chi connectivity index (χ0) is 13.4. The highest BCUT2D eigenvalue weighted by Gasteiger charge is 2.08. The summed E-state index contributed by atoms with van der Waals surface area (Å²) in [5.41, 5.74) is 9.80. The van der Waals surface area contributed by atoms with Crippen molar-refractivity contribution in [2.75, 3.05) is 0 Å². The monoisotopic (exact) mass is 264 g/mol. The van der Waals surface area contributed by atoms with E-state index in [0.717, 1.165) is 0 Å². The van der Waals surface area contributed by atoms with Gasteiger partial charge in [0.05, 0.1) is 5.48 Å². The van der Waals surface area contributed by atoms with E-state index in [0.29, 0.717) is 22.5 Å². The molecular formula is C12H14Cl2N2. The number of hydrogen-bond acceptors (Lipinski definition) is 0. The predicted octanol–water partition coefficient (Wildman–Crippen LogP) is -4.89. The summed E-state index contributed by atoms with van der Waals surface area (Å²) in [6, 6.07) is 6.79. The van der Waals surface area contributed by atoms with E-state index in [1.54, 1.807) is 12.1 Å². The number of benzene rings is 2. The Hall–Kier alpha value is -1.06. The van der Waals surface area contributed by atoms with Crippen LogP contribution in [-0.4, -0.2) is 0 Å². The zero-order valence-corrected chi connectivity index (χ0v) is 9.99. The molecule has 16 heavy (non-hydrogen) atoms. The van der Waals surface area contributed by atoms with Crippen LogP contribution in [0.25, 0.3) is 11.1 Å². The van der Waals surface area contributed by atoms with E-state index < -0.39 is 0 Å². The van der Waals surface area contributed by atoms with Gasteiger partial charge >= 0.3 is 0 Å². The molecule has 2 aromatic rings. The third-order valence-electron chi connectivity index (χ3n) is 2.06. The zero-order valence-electron chi connectivity index (χ0n) is 12.5. The molecule has 2 aromatic carbocycles. The second kappa shape index (κ2) is 6.51. The van der Waals surface area contributed by atoms with Crippen LogP contribution in [0.15, 0.2) is 48.4 Å². The van der Waals surface area contributed by atoms with Gasteiger partial charge in [-0.2, -0.15) is 0 Å². The lowest BCUT2D eigenvalue weighted by Gasteiger charge is -2.02. The van der Waals surface area contributed by atoms with Gasteiger partial charge in [0.25, 0.3) is 0 Å². The highest BCUT2D eigenvalue weighted by atomic mass is 35.5. The summed E-state index contributed by atoms with van der Waals surface area (Å²) >= 11 is 0. The van der Waals surface area contributed by atoms with Crippen LogP contribution in [0.2, 0.25) is 0 Å². The minimum Gasteiger partial charge on any atom is -1.00 e. The molecule has 0 radical (unpaired) electrons. The normalized spacial score (nSPS) is 12.4. The number of halogens is 2. The predicted molar refractivity (Wildman–Crippen MR) is 57.0 cm³/mol. The molecule has 0 amide bonds. The van der Waals surface area contributed by atoms with Crippen LogP contribution in [0.3, 0.4) is 0 Å². The molecule has 86 valence electrons. The lowest BCUT2D eigenvalue weighted by atomic mass is 10.0. The van der Waals surface area contributed by atoms with Crippen molar-refractivity contribution in [3.05, 3.63) is 48.4 Å². The van der Waals surface area contributed by atoms with Crippen LogP contribution >= 0.6 is 0 Å². The molecule has 4 heteroatoms. The van der Waals surface area contributed by atoms with Crippen LogP contribution in [0.4, 0.5) is 11.4 Å². The van der Waals surface area contributed by atoms with Gasteiger partial charge in [-0.15, -0.1) is 0 Å². The molecule has 0 bridgehead atoms. The molecular weight excluding hydrogens is 243 g/mol. The Balaban J connectivity index is 0.00000180. The average molecular weight is 265 g/mol. The molecule has 6 N–H and O–H groups in total. The van der Waals surface area contributed by atoms with Crippen molar-refractivity contribution in [3.8, 4) is 11.1 Å². The Morgan fingerprint density at radius 2 is 1.19 bits per heavy atom. The van der Waals surface area contributed by atoms with Crippen molar-refractivity contribution in [2.45, 2.75) is 0 Å². The largest absolute Gasteiger partial charge is 1.00 e. The molecule has 0 heterocycles. The molecule has 0 aliphatic heterocycles. The fraction of sp³-hybridized carbons (Fsp3) is 0. The van der Waals surface area contributed by atoms with Crippen LogP contribution in [0, 0.1) is 0 Å². The quantitative estimate of drug-likeness (QED) is 0.519. The maximum atomic E-state index is 7.73. The summed E-state index contributed by atoms with van der Waals surface area (Å²) in [7, 11) is 0. The van der Waals surface area contributed by atoms with Gasteiger partial charge in [-0.3, -0.25) is 0 Å². The molecule has 2 rings (SSSR count). The van der Waals surface area contributed by atoms with E-state index in [2.05, 4.69) is 11.5 Å². The van der Waals surface area contributed by atoms with Crippen molar-refractivity contribution in [1.29, 1.82) is 0 Å². The molecule has 0 aromatic heterocycles. The average Bonchev–Trinajstić information content (AvgIpc) is 2.28. The van der Waals surface area contributed by atoms with E-state index in [4.69, 9.17) is 5.48 Å². The van der Waals surface area contributed by atoms with Gasteiger partial charge in [0.1, 0.15) is 11.4 Å². The minimum absolute atomic E-state index is 0. The Bertz CT molecular complexity index is 580. The van der Waals surface area contributed by atoms with Crippen molar-refractivity contribution < 1.29 is 41.8 Å². The van der Waals surface area contributed by atoms with Crippen LogP contribution in [-0.2, 0) is 0 Å². The summed E-state index contributed by atoms with van der Waals surface area (Å²) in [5, 5.41) is 0. The van der Waals surface area contributed by atoms with Crippen LogP contribution < -0.4 is 36.3 Å². The van der Waals surface area contributed by atoms with E-state index in [1.807, 2.05) is 0 Å². The van der Waals surface area contributed by atoms with Crippen molar-refractivity contribution in [2.24, 2.45) is 0 Å². The number of hydrogen-bond donors (Lipinski definition) is 2. The second-order valence-electron chi connectivity index (χ2n) is 2.98. The van der Waals surface area contributed by atoms with Gasteiger partial charge in [0.15, 0.2) is 0 Å².